The molecule has 1 unspecified atom stereocenters. The molecule has 0 fully saturated rings. The quantitative estimate of drug-likeness (QED) is 0.875. The summed E-state index contributed by atoms with van der Waals surface area (Å²) < 4.78 is 0. The molecular weight excluding hydrogens is 230 g/mol. The van der Waals surface area contributed by atoms with Gasteiger partial charge in [-0.25, -0.2) is 0 Å². The largest absolute Gasteiger partial charge is 0.386 e. The van der Waals surface area contributed by atoms with Gasteiger partial charge in [-0.15, -0.1) is 11.3 Å². The molecule has 2 rings (SSSR count). The summed E-state index contributed by atoms with van der Waals surface area (Å²) in [7, 11) is 0. The molecule has 1 aromatic carbocycles. The van der Waals surface area contributed by atoms with Crippen LogP contribution in [0.2, 0.25) is 0 Å². The predicted octanol–water partition coefficient (Wildman–Crippen LogP) is 3.02. The molecule has 1 atom stereocenters. The number of aliphatic hydroxyl groups is 1. The standard InChI is InChI=1S/C14H17NOS/c1-9-3-4-11(7-10(9)2)13-5-6-14(17-13)12(16)8-15/h3-7,12,16H,8,15H2,1-2H3. The van der Waals surface area contributed by atoms with Crippen molar-refractivity contribution in [3.63, 3.8) is 0 Å². The topological polar surface area (TPSA) is 46.2 Å². The first kappa shape index (κ1) is 12.3. The third-order valence-corrected chi connectivity index (χ3v) is 4.21. The van der Waals surface area contributed by atoms with Crippen molar-refractivity contribution in [1.82, 2.24) is 0 Å². The van der Waals surface area contributed by atoms with Gasteiger partial charge in [0, 0.05) is 16.3 Å². The van der Waals surface area contributed by atoms with Crippen LogP contribution in [0, 0.1) is 13.8 Å². The molecule has 3 N–H and O–H groups in total. The normalized spacial score (nSPS) is 12.7. The van der Waals surface area contributed by atoms with E-state index >= 15 is 0 Å². The second kappa shape index (κ2) is 5.00. The lowest BCUT2D eigenvalue weighted by Crippen LogP contribution is -2.09. The van der Waals surface area contributed by atoms with E-state index in [1.807, 2.05) is 12.1 Å². The highest BCUT2D eigenvalue weighted by atomic mass is 32.1. The van der Waals surface area contributed by atoms with E-state index in [1.165, 1.54) is 21.6 Å². The van der Waals surface area contributed by atoms with Crippen LogP contribution in [0.15, 0.2) is 30.3 Å². The van der Waals surface area contributed by atoms with Crippen molar-refractivity contribution in [2.24, 2.45) is 5.73 Å². The zero-order chi connectivity index (χ0) is 12.4. The van der Waals surface area contributed by atoms with Gasteiger partial charge in [0.1, 0.15) is 6.10 Å². The van der Waals surface area contributed by atoms with Gasteiger partial charge in [-0.1, -0.05) is 18.2 Å². The van der Waals surface area contributed by atoms with Crippen LogP contribution in [0.1, 0.15) is 22.1 Å². The summed E-state index contributed by atoms with van der Waals surface area (Å²) >= 11 is 1.60. The molecule has 2 aromatic rings. The molecule has 1 heterocycles. The Morgan fingerprint density at radius 3 is 2.59 bits per heavy atom. The Morgan fingerprint density at radius 1 is 1.18 bits per heavy atom. The van der Waals surface area contributed by atoms with Crippen molar-refractivity contribution in [2.45, 2.75) is 20.0 Å². The Bertz CT molecular complexity index is 519. The van der Waals surface area contributed by atoms with Crippen molar-refractivity contribution in [3.8, 4) is 10.4 Å². The third kappa shape index (κ3) is 2.57. The first-order valence-corrected chi connectivity index (χ1v) is 6.49. The average Bonchev–Trinajstić information content (AvgIpc) is 2.81. The molecule has 2 nitrogen and oxygen atoms in total. The van der Waals surface area contributed by atoms with Gasteiger partial charge in [-0.05, 0) is 42.7 Å². The van der Waals surface area contributed by atoms with Crippen molar-refractivity contribution < 1.29 is 5.11 Å². The third-order valence-electron chi connectivity index (χ3n) is 2.97. The fourth-order valence-electron chi connectivity index (χ4n) is 1.70. The maximum atomic E-state index is 9.67. The van der Waals surface area contributed by atoms with Crippen LogP contribution in [0.4, 0.5) is 0 Å². The first-order valence-electron chi connectivity index (χ1n) is 5.67. The Morgan fingerprint density at radius 2 is 1.94 bits per heavy atom. The number of thiophene rings is 1. The van der Waals surface area contributed by atoms with Crippen LogP contribution in [-0.4, -0.2) is 11.7 Å². The van der Waals surface area contributed by atoms with Gasteiger partial charge in [0.25, 0.3) is 0 Å². The number of nitrogens with two attached hydrogens (primary N) is 1. The summed E-state index contributed by atoms with van der Waals surface area (Å²) in [6.45, 7) is 4.49. The summed E-state index contributed by atoms with van der Waals surface area (Å²) in [6.07, 6.45) is -0.541. The van der Waals surface area contributed by atoms with Crippen molar-refractivity contribution in [2.75, 3.05) is 6.54 Å². The molecule has 0 bridgehead atoms. The van der Waals surface area contributed by atoms with Crippen LogP contribution in [0.25, 0.3) is 10.4 Å². The van der Waals surface area contributed by atoms with E-state index in [2.05, 4.69) is 32.0 Å². The minimum Gasteiger partial charge on any atom is -0.386 e. The Kier molecular flexibility index (Phi) is 3.62. The lowest BCUT2D eigenvalue weighted by molar-refractivity contribution is 0.190. The monoisotopic (exact) mass is 247 g/mol. The molecule has 0 spiro atoms. The summed E-state index contributed by atoms with van der Waals surface area (Å²) in [4.78, 5) is 2.11. The number of hydrogen-bond donors (Lipinski definition) is 2. The number of aryl methyl sites for hydroxylation is 2. The van der Waals surface area contributed by atoms with Gasteiger partial charge in [0.15, 0.2) is 0 Å². The fourth-order valence-corrected chi connectivity index (χ4v) is 2.70. The van der Waals surface area contributed by atoms with Crippen molar-refractivity contribution >= 4 is 11.3 Å². The molecule has 0 aliphatic heterocycles. The Hall–Kier alpha value is -1.16. The summed E-state index contributed by atoms with van der Waals surface area (Å²) in [5, 5.41) is 9.67. The van der Waals surface area contributed by atoms with E-state index in [9.17, 15) is 5.11 Å². The molecule has 0 aliphatic rings. The number of hydrogen-bond acceptors (Lipinski definition) is 3. The molecule has 0 saturated carbocycles. The van der Waals surface area contributed by atoms with Gasteiger partial charge in [0.05, 0.1) is 0 Å². The smallest absolute Gasteiger partial charge is 0.100 e. The van der Waals surface area contributed by atoms with Crippen LogP contribution >= 0.6 is 11.3 Å². The maximum absolute atomic E-state index is 9.67. The number of aliphatic hydroxyl groups excluding tert-OH is 1. The minimum atomic E-state index is -0.541. The Balaban J connectivity index is 2.33. The highest BCUT2D eigenvalue weighted by molar-refractivity contribution is 7.15. The van der Waals surface area contributed by atoms with E-state index in [0.29, 0.717) is 0 Å². The molecule has 17 heavy (non-hydrogen) atoms. The molecule has 0 radical (unpaired) electrons. The molecule has 0 saturated heterocycles. The zero-order valence-electron chi connectivity index (χ0n) is 10.1. The highest BCUT2D eigenvalue weighted by Crippen LogP contribution is 2.32. The van der Waals surface area contributed by atoms with Gasteiger partial charge in [0.2, 0.25) is 0 Å². The van der Waals surface area contributed by atoms with Gasteiger partial charge >= 0.3 is 0 Å². The number of rotatable bonds is 3. The second-order valence-electron chi connectivity index (χ2n) is 4.25. The lowest BCUT2D eigenvalue weighted by Gasteiger charge is -2.04. The highest BCUT2D eigenvalue weighted by Gasteiger charge is 2.09. The number of benzene rings is 1. The molecular formula is C14H17NOS. The van der Waals surface area contributed by atoms with E-state index in [4.69, 9.17) is 5.73 Å². The van der Waals surface area contributed by atoms with Crippen LogP contribution in [-0.2, 0) is 0 Å². The zero-order valence-corrected chi connectivity index (χ0v) is 10.9. The predicted molar refractivity (Wildman–Crippen MR) is 73.2 cm³/mol. The summed E-state index contributed by atoms with van der Waals surface area (Å²) in [6, 6.07) is 10.4. The molecule has 90 valence electrons. The fraction of sp³-hybridized carbons (Fsp3) is 0.286. The van der Waals surface area contributed by atoms with Crippen LogP contribution < -0.4 is 5.73 Å². The minimum absolute atomic E-state index is 0.271. The van der Waals surface area contributed by atoms with Gasteiger partial charge < -0.3 is 10.8 Å². The van der Waals surface area contributed by atoms with E-state index in [1.54, 1.807) is 11.3 Å². The van der Waals surface area contributed by atoms with E-state index in [-0.39, 0.29) is 6.54 Å². The molecule has 3 heteroatoms. The van der Waals surface area contributed by atoms with E-state index < -0.39 is 6.10 Å². The summed E-state index contributed by atoms with van der Waals surface area (Å²) in [5.74, 6) is 0. The van der Waals surface area contributed by atoms with Crippen LogP contribution in [0.3, 0.4) is 0 Å². The van der Waals surface area contributed by atoms with Crippen molar-refractivity contribution in [1.29, 1.82) is 0 Å². The average molecular weight is 247 g/mol. The SMILES string of the molecule is Cc1ccc(-c2ccc(C(O)CN)s2)cc1C. The van der Waals surface area contributed by atoms with Gasteiger partial charge in [-0.3, -0.25) is 0 Å². The molecule has 1 aromatic heterocycles. The van der Waals surface area contributed by atoms with Crippen LogP contribution in [0.5, 0.6) is 0 Å². The maximum Gasteiger partial charge on any atom is 0.100 e. The summed E-state index contributed by atoms with van der Waals surface area (Å²) in [5.41, 5.74) is 9.24. The molecule has 0 aliphatic carbocycles. The first-order chi connectivity index (χ1) is 8.11. The molecule has 0 amide bonds. The van der Waals surface area contributed by atoms with E-state index in [0.717, 1.165) is 4.88 Å². The van der Waals surface area contributed by atoms with Gasteiger partial charge in [-0.2, -0.15) is 0 Å². The Labute approximate surface area is 106 Å². The lowest BCUT2D eigenvalue weighted by atomic mass is 10.1. The second-order valence-corrected chi connectivity index (χ2v) is 5.37. The van der Waals surface area contributed by atoms with Crippen molar-refractivity contribution in [3.05, 3.63) is 46.3 Å².